The minimum atomic E-state index is -1.25. The smallest absolute Gasteiger partial charge is 0.303 e. The highest BCUT2D eigenvalue weighted by Crippen LogP contribution is 2.39. The molecule has 2 aromatic rings. The number of ether oxygens (including phenoxy) is 6. The summed E-state index contributed by atoms with van der Waals surface area (Å²) < 4.78 is 33.5. The molecule has 0 radical (unpaired) electrons. The Hall–Kier alpha value is -3.63. The molecule has 10 nitrogen and oxygen atoms in total. The van der Waals surface area contributed by atoms with E-state index in [4.69, 9.17) is 40.0 Å². The van der Waals surface area contributed by atoms with Crippen LogP contribution in [-0.4, -0.2) is 61.5 Å². The third kappa shape index (κ3) is 8.43. The molecule has 11 heteroatoms. The van der Waals surface area contributed by atoms with Gasteiger partial charge in [-0.25, -0.2) is 0 Å². The van der Waals surface area contributed by atoms with E-state index >= 15 is 0 Å². The number of hydrogen-bond donors (Lipinski definition) is 0. The average molecular weight is 577 g/mol. The molecule has 1 fully saturated rings. The van der Waals surface area contributed by atoms with Crippen LogP contribution in [0.15, 0.2) is 42.5 Å². The van der Waals surface area contributed by atoms with Crippen molar-refractivity contribution in [2.75, 3.05) is 13.2 Å². The Morgan fingerprint density at radius 2 is 1.40 bits per heavy atom. The predicted octanol–water partition coefficient (Wildman–Crippen LogP) is 4.13. The van der Waals surface area contributed by atoms with E-state index in [2.05, 4.69) is 0 Å². The van der Waals surface area contributed by atoms with Gasteiger partial charge in [0.2, 0.25) is 0 Å². The number of hydrogen-bond acceptors (Lipinski definition) is 10. The maximum atomic E-state index is 12.2. The molecule has 1 saturated heterocycles. The highest BCUT2D eigenvalue weighted by molar-refractivity contribution is 6.31. The van der Waals surface area contributed by atoms with Gasteiger partial charge < -0.3 is 28.4 Å². The Morgan fingerprint density at radius 1 is 0.800 bits per heavy atom. The van der Waals surface area contributed by atoms with Crippen LogP contribution >= 0.6 is 11.6 Å². The molecule has 0 N–H and O–H groups in total. The van der Waals surface area contributed by atoms with E-state index in [1.807, 2.05) is 31.2 Å². The molecule has 216 valence electrons. The third-order valence-electron chi connectivity index (χ3n) is 6.02. The number of halogens is 1. The number of rotatable bonds is 10. The first-order valence-electron chi connectivity index (χ1n) is 12.8. The lowest BCUT2D eigenvalue weighted by Gasteiger charge is -2.44. The Bertz CT molecular complexity index is 1210. The molecule has 3 rings (SSSR count). The van der Waals surface area contributed by atoms with Crippen molar-refractivity contribution in [1.82, 2.24) is 0 Å². The van der Waals surface area contributed by atoms with Crippen LogP contribution in [0, 0.1) is 0 Å². The monoisotopic (exact) mass is 576 g/mol. The Kier molecular flexibility index (Phi) is 10.9. The minimum Gasteiger partial charge on any atom is -0.494 e. The van der Waals surface area contributed by atoms with Crippen LogP contribution in [0.25, 0.3) is 0 Å². The van der Waals surface area contributed by atoms with E-state index in [0.717, 1.165) is 16.9 Å². The molecule has 0 bridgehead atoms. The normalized spacial score (nSPS) is 22.1. The van der Waals surface area contributed by atoms with Crippen LogP contribution in [0.3, 0.4) is 0 Å². The van der Waals surface area contributed by atoms with Crippen LogP contribution in [-0.2, 0) is 49.3 Å². The van der Waals surface area contributed by atoms with Gasteiger partial charge in [-0.15, -0.1) is 0 Å². The van der Waals surface area contributed by atoms with Gasteiger partial charge in [-0.1, -0.05) is 35.9 Å². The van der Waals surface area contributed by atoms with E-state index in [1.165, 1.54) is 27.7 Å². The lowest BCUT2D eigenvalue weighted by atomic mass is 9.89. The minimum absolute atomic E-state index is 0.305. The quantitative estimate of drug-likeness (QED) is 0.301. The average Bonchev–Trinajstić information content (AvgIpc) is 2.87. The van der Waals surface area contributed by atoms with Crippen molar-refractivity contribution < 1.29 is 47.6 Å². The first-order chi connectivity index (χ1) is 19.0. The molecular formula is C29H33ClO10. The predicted molar refractivity (Wildman–Crippen MR) is 143 cm³/mol. The summed E-state index contributed by atoms with van der Waals surface area (Å²) in [6, 6.07) is 12.8. The second-order valence-electron chi connectivity index (χ2n) is 9.22. The largest absolute Gasteiger partial charge is 0.494 e. The van der Waals surface area contributed by atoms with Gasteiger partial charge in [0.25, 0.3) is 0 Å². The van der Waals surface area contributed by atoms with Crippen LogP contribution in [0.1, 0.15) is 57.4 Å². The fraction of sp³-hybridized carbons (Fsp3) is 0.448. The molecule has 1 aliphatic heterocycles. The van der Waals surface area contributed by atoms with Gasteiger partial charge in [0, 0.05) is 32.7 Å². The zero-order valence-corrected chi connectivity index (χ0v) is 23.8. The third-order valence-corrected chi connectivity index (χ3v) is 6.39. The van der Waals surface area contributed by atoms with Crippen molar-refractivity contribution in [3.8, 4) is 5.75 Å². The maximum absolute atomic E-state index is 12.2. The standard InChI is InChI=1S/C29H33ClO10/c1-6-35-23-10-7-20(8-11-23)13-22-14-21(9-12-24(22)30)26-28(38-18(4)33)29(39-19(5)34)27(37-17(3)32)25(40-26)15-36-16(2)31/h7-12,14,25-29H,6,13,15H2,1-5H3/t25-,26-,27-,28-,29+/m1/s1. The maximum Gasteiger partial charge on any atom is 0.303 e. The van der Waals surface area contributed by atoms with Crippen molar-refractivity contribution in [1.29, 1.82) is 0 Å². The summed E-state index contributed by atoms with van der Waals surface area (Å²) in [7, 11) is 0. The summed E-state index contributed by atoms with van der Waals surface area (Å²) in [5.74, 6) is -1.89. The molecule has 1 aliphatic rings. The second kappa shape index (κ2) is 14.1. The summed E-state index contributed by atoms with van der Waals surface area (Å²) in [5, 5.41) is 0.503. The first kappa shape index (κ1) is 30.9. The lowest BCUT2D eigenvalue weighted by Crippen LogP contribution is -2.59. The number of carbonyl (C=O) groups excluding carboxylic acids is 4. The van der Waals surface area contributed by atoms with Crippen molar-refractivity contribution in [3.63, 3.8) is 0 Å². The summed E-state index contributed by atoms with van der Waals surface area (Å²) in [4.78, 5) is 47.8. The summed E-state index contributed by atoms with van der Waals surface area (Å²) in [6.45, 7) is 6.94. The molecular weight excluding hydrogens is 544 g/mol. The van der Waals surface area contributed by atoms with Crippen molar-refractivity contribution >= 4 is 35.5 Å². The second-order valence-corrected chi connectivity index (χ2v) is 9.63. The SMILES string of the molecule is CCOc1ccc(Cc2cc([C@H]3O[C@H](COC(C)=O)[C@@H](OC(C)=O)[C@H](OC(C)=O)[C@@H]3OC(C)=O)ccc2Cl)cc1. The number of esters is 4. The van der Waals surface area contributed by atoms with Crippen molar-refractivity contribution in [3.05, 3.63) is 64.2 Å². The molecule has 5 atom stereocenters. The summed E-state index contributed by atoms with van der Waals surface area (Å²) >= 11 is 6.54. The van der Waals surface area contributed by atoms with Crippen LogP contribution in [0.4, 0.5) is 0 Å². The van der Waals surface area contributed by atoms with E-state index in [1.54, 1.807) is 18.2 Å². The molecule has 0 aromatic heterocycles. The number of carbonyl (C=O) groups is 4. The fourth-order valence-electron chi connectivity index (χ4n) is 4.49. The van der Waals surface area contributed by atoms with E-state index in [0.29, 0.717) is 23.6 Å². The lowest BCUT2D eigenvalue weighted by molar-refractivity contribution is -0.254. The highest BCUT2D eigenvalue weighted by atomic mass is 35.5. The molecule has 1 heterocycles. The van der Waals surface area contributed by atoms with E-state index < -0.39 is 54.4 Å². The van der Waals surface area contributed by atoms with Crippen LogP contribution in [0.2, 0.25) is 5.02 Å². The van der Waals surface area contributed by atoms with Crippen molar-refractivity contribution in [2.24, 2.45) is 0 Å². The summed E-state index contributed by atoms with van der Waals surface area (Å²) in [6.07, 6.45) is -5.23. The first-order valence-corrected chi connectivity index (χ1v) is 13.2. The Labute approximate surface area is 237 Å². The van der Waals surface area contributed by atoms with E-state index in [-0.39, 0.29) is 6.61 Å². The van der Waals surface area contributed by atoms with Gasteiger partial charge in [0.15, 0.2) is 18.3 Å². The molecule has 0 unspecified atom stereocenters. The van der Waals surface area contributed by atoms with Crippen LogP contribution < -0.4 is 4.74 Å². The van der Waals surface area contributed by atoms with Gasteiger partial charge in [0.05, 0.1) is 6.61 Å². The zero-order chi connectivity index (χ0) is 29.4. The van der Waals surface area contributed by atoms with Gasteiger partial charge in [-0.3, -0.25) is 19.2 Å². The fourth-order valence-corrected chi connectivity index (χ4v) is 4.68. The van der Waals surface area contributed by atoms with Crippen molar-refractivity contribution in [2.45, 2.75) is 71.6 Å². The highest BCUT2D eigenvalue weighted by Gasteiger charge is 2.52. The van der Waals surface area contributed by atoms with Gasteiger partial charge in [-0.2, -0.15) is 0 Å². The molecule has 0 aliphatic carbocycles. The zero-order valence-electron chi connectivity index (χ0n) is 23.0. The summed E-state index contributed by atoms with van der Waals surface area (Å²) in [5.41, 5.74) is 2.29. The van der Waals surface area contributed by atoms with Gasteiger partial charge >= 0.3 is 23.9 Å². The molecule has 40 heavy (non-hydrogen) atoms. The molecule has 0 amide bonds. The van der Waals surface area contributed by atoms with Crippen LogP contribution in [0.5, 0.6) is 5.75 Å². The van der Waals surface area contributed by atoms with Gasteiger partial charge in [0.1, 0.15) is 24.6 Å². The van der Waals surface area contributed by atoms with E-state index in [9.17, 15) is 19.2 Å². The molecule has 2 aromatic carbocycles. The molecule has 0 spiro atoms. The van der Waals surface area contributed by atoms with Gasteiger partial charge in [-0.05, 0) is 48.2 Å². The molecule has 0 saturated carbocycles. The topological polar surface area (TPSA) is 124 Å². The Morgan fingerprint density at radius 3 is 1.98 bits per heavy atom. The Balaban J connectivity index is 2.03. The number of benzene rings is 2.